The molecule has 2 aliphatic rings. The predicted octanol–water partition coefficient (Wildman–Crippen LogP) is 2.70. The van der Waals surface area contributed by atoms with E-state index in [1.807, 2.05) is 54.6 Å². The summed E-state index contributed by atoms with van der Waals surface area (Å²) in [6.07, 6.45) is 1.32. The zero-order chi connectivity index (χ0) is 16.0. The van der Waals surface area contributed by atoms with E-state index < -0.39 is 6.10 Å². The normalized spacial score (nSPS) is 22.7. The number of methoxy groups -OCH3 is 1. The van der Waals surface area contributed by atoms with Crippen LogP contribution in [0.25, 0.3) is 5.57 Å². The second kappa shape index (κ2) is 5.18. The predicted molar refractivity (Wildman–Crippen MR) is 87.3 cm³/mol. The number of anilines is 1. The number of allylic oxidation sites excluding steroid dienone is 1. The van der Waals surface area contributed by atoms with E-state index in [4.69, 9.17) is 4.74 Å². The molecule has 2 heterocycles. The molecule has 1 amide bonds. The summed E-state index contributed by atoms with van der Waals surface area (Å²) >= 11 is 0. The van der Waals surface area contributed by atoms with Crippen LogP contribution in [0.15, 0.2) is 60.7 Å². The number of β-lactam (4-membered cyclic amide) rings is 1. The van der Waals surface area contributed by atoms with Crippen molar-refractivity contribution in [2.75, 3.05) is 12.0 Å². The van der Waals surface area contributed by atoms with E-state index >= 15 is 0 Å². The van der Waals surface area contributed by atoms with Crippen molar-refractivity contribution in [2.45, 2.75) is 12.1 Å². The minimum absolute atomic E-state index is 0.0659. The lowest BCUT2D eigenvalue weighted by molar-refractivity contribution is -0.137. The van der Waals surface area contributed by atoms with Crippen LogP contribution in [-0.4, -0.2) is 30.9 Å². The summed E-state index contributed by atoms with van der Waals surface area (Å²) in [6.45, 7) is 0. The molecule has 0 bridgehead atoms. The zero-order valence-electron chi connectivity index (χ0n) is 12.6. The molecule has 4 rings (SSSR count). The lowest BCUT2D eigenvalue weighted by atomic mass is 9.93. The molecule has 2 aromatic carbocycles. The lowest BCUT2D eigenvalue weighted by Gasteiger charge is -2.44. The number of carbonyl (C=O) groups excluding carboxylic acids is 2. The maximum Gasteiger partial charge on any atom is 0.259 e. The average molecular weight is 305 g/mol. The van der Waals surface area contributed by atoms with Crippen LogP contribution in [0.3, 0.4) is 0 Å². The second-order valence-electron chi connectivity index (χ2n) is 5.65. The van der Waals surface area contributed by atoms with Crippen LogP contribution >= 0.6 is 0 Å². The van der Waals surface area contributed by atoms with Crippen molar-refractivity contribution in [3.8, 4) is 0 Å². The second-order valence-corrected chi connectivity index (χ2v) is 5.65. The SMILES string of the molecule is CO[C@@H]1C(=O)N2c3ccccc3C(=O)C(c3ccccc3)=C[C@H]12. The highest BCUT2D eigenvalue weighted by molar-refractivity contribution is 6.33. The first-order chi connectivity index (χ1) is 11.2. The number of ether oxygens (including phenoxy) is 1. The third kappa shape index (κ3) is 1.95. The number of benzene rings is 2. The van der Waals surface area contributed by atoms with Gasteiger partial charge in [-0.2, -0.15) is 0 Å². The fourth-order valence-corrected chi connectivity index (χ4v) is 3.28. The van der Waals surface area contributed by atoms with Crippen molar-refractivity contribution < 1.29 is 14.3 Å². The smallest absolute Gasteiger partial charge is 0.259 e. The maximum atomic E-state index is 13.0. The summed E-state index contributed by atoms with van der Waals surface area (Å²) in [5, 5.41) is 0. The Bertz CT molecular complexity index is 826. The quantitative estimate of drug-likeness (QED) is 0.801. The first kappa shape index (κ1) is 13.9. The average Bonchev–Trinajstić information content (AvgIpc) is 2.69. The fourth-order valence-electron chi connectivity index (χ4n) is 3.28. The van der Waals surface area contributed by atoms with E-state index in [0.29, 0.717) is 16.8 Å². The molecule has 0 N–H and O–H groups in total. The summed E-state index contributed by atoms with van der Waals surface area (Å²) < 4.78 is 5.31. The number of hydrogen-bond acceptors (Lipinski definition) is 3. The summed E-state index contributed by atoms with van der Waals surface area (Å²) in [7, 11) is 1.52. The van der Waals surface area contributed by atoms with Gasteiger partial charge >= 0.3 is 0 Å². The molecule has 0 aromatic heterocycles. The molecule has 1 fully saturated rings. The molecule has 4 heteroatoms. The first-order valence-corrected chi connectivity index (χ1v) is 7.49. The highest BCUT2D eigenvalue weighted by Gasteiger charge is 2.50. The van der Waals surface area contributed by atoms with E-state index in [-0.39, 0.29) is 17.7 Å². The molecule has 0 radical (unpaired) electrons. The maximum absolute atomic E-state index is 13.0. The third-order valence-electron chi connectivity index (χ3n) is 4.42. The van der Waals surface area contributed by atoms with Gasteiger partial charge in [-0.15, -0.1) is 0 Å². The van der Waals surface area contributed by atoms with Gasteiger partial charge in [-0.1, -0.05) is 42.5 Å². The van der Waals surface area contributed by atoms with Crippen LogP contribution in [0.5, 0.6) is 0 Å². The Labute approximate surface area is 134 Å². The molecule has 1 saturated heterocycles. The van der Waals surface area contributed by atoms with Gasteiger partial charge in [-0.3, -0.25) is 14.5 Å². The fraction of sp³-hybridized carbons (Fsp3) is 0.158. The molecular formula is C19H15NO3. The van der Waals surface area contributed by atoms with Crippen LogP contribution in [-0.2, 0) is 9.53 Å². The number of rotatable bonds is 2. The number of fused-ring (bicyclic) bond motifs is 3. The minimum Gasteiger partial charge on any atom is -0.369 e. The number of amides is 1. The van der Waals surface area contributed by atoms with E-state index in [2.05, 4.69) is 0 Å². The highest BCUT2D eigenvalue weighted by atomic mass is 16.5. The van der Waals surface area contributed by atoms with E-state index in [9.17, 15) is 9.59 Å². The Morgan fingerprint density at radius 3 is 2.39 bits per heavy atom. The van der Waals surface area contributed by atoms with Gasteiger partial charge in [-0.25, -0.2) is 0 Å². The lowest BCUT2D eigenvalue weighted by Crippen LogP contribution is -2.65. The third-order valence-corrected chi connectivity index (χ3v) is 4.42. The van der Waals surface area contributed by atoms with Crippen molar-refractivity contribution in [3.05, 3.63) is 71.8 Å². The first-order valence-electron chi connectivity index (χ1n) is 7.49. The van der Waals surface area contributed by atoms with Gasteiger partial charge in [0.1, 0.15) is 0 Å². The summed E-state index contributed by atoms with van der Waals surface area (Å²) in [5.41, 5.74) is 2.67. The Balaban J connectivity index is 1.92. The van der Waals surface area contributed by atoms with Crippen LogP contribution < -0.4 is 4.90 Å². The number of hydrogen-bond donors (Lipinski definition) is 0. The molecule has 2 aromatic rings. The van der Waals surface area contributed by atoms with Crippen LogP contribution in [0.2, 0.25) is 0 Å². The Hall–Kier alpha value is -2.72. The van der Waals surface area contributed by atoms with Gasteiger partial charge in [0.2, 0.25) is 0 Å². The number of Topliss-reactive ketones (excluding diaryl/α,β-unsaturated/α-hetero) is 1. The molecule has 0 saturated carbocycles. The van der Waals surface area contributed by atoms with Crippen molar-refractivity contribution in [2.24, 2.45) is 0 Å². The zero-order valence-corrected chi connectivity index (χ0v) is 12.6. The van der Waals surface area contributed by atoms with Crippen LogP contribution in [0, 0.1) is 0 Å². The van der Waals surface area contributed by atoms with Gasteiger partial charge in [0, 0.05) is 18.2 Å². The van der Waals surface area contributed by atoms with Crippen LogP contribution in [0.1, 0.15) is 15.9 Å². The molecule has 23 heavy (non-hydrogen) atoms. The van der Waals surface area contributed by atoms with E-state index in [0.717, 1.165) is 5.56 Å². The number of carbonyl (C=O) groups is 2. The molecule has 0 unspecified atom stereocenters. The van der Waals surface area contributed by atoms with Gasteiger partial charge in [-0.05, 0) is 23.8 Å². The molecule has 0 aliphatic carbocycles. The van der Waals surface area contributed by atoms with E-state index in [1.54, 1.807) is 11.0 Å². The summed E-state index contributed by atoms with van der Waals surface area (Å²) in [4.78, 5) is 27.0. The monoisotopic (exact) mass is 305 g/mol. The molecule has 2 aliphatic heterocycles. The summed E-state index contributed by atoms with van der Waals surface area (Å²) in [6, 6.07) is 16.5. The summed E-state index contributed by atoms with van der Waals surface area (Å²) in [5.74, 6) is -0.174. The molecular weight excluding hydrogens is 290 g/mol. The Morgan fingerprint density at radius 1 is 0.957 bits per heavy atom. The number of ketones is 1. The standard InChI is InChI=1S/C19H15NO3/c1-23-18-16-11-14(12-7-3-2-4-8-12)17(21)13-9-5-6-10-15(13)20(16)19(18)22/h2-11,16,18H,1H3/t16-,18+/m1/s1. The Kier molecular flexibility index (Phi) is 3.13. The van der Waals surface area contributed by atoms with Crippen molar-refractivity contribution in [1.82, 2.24) is 0 Å². The van der Waals surface area contributed by atoms with E-state index in [1.165, 1.54) is 7.11 Å². The largest absolute Gasteiger partial charge is 0.369 e. The van der Waals surface area contributed by atoms with Crippen molar-refractivity contribution in [1.29, 1.82) is 0 Å². The number of nitrogens with zero attached hydrogens (tertiary/aromatic N) is 1. The minimum atomic E-state index is -0.535. The molecule has 0 spiro atoms. The highest BCUT2D eigenvalue weighted by Crippen LogP contribution is 2.39. The topological polar surface area (TPSA) is 46.6 Å². The van der Waals surface area contributed by atoms with Gasteiger partial charge in [0.25, 0.3) is 5.91 Å². The van der Waals surface area contributed by atoms with Gasteiger partial charge in [0.05, 0.1) is 11.7 Å². The van der Waals surface area contributed by atoms with Crippen molar-refractivity contribution >= 4 is 23.0 Å². The van der Waals surface area contributed by atoms with Gasteiger partial charge in [0.15, 0.2) is 11.9 Å². The van der Waals surface area contributed by atoms with Crippen LogP contribution in [0.4, 0.5) is 5.69 Å². The molecule has 114 valence electrons. The van der Waals surface area contributed by atoms with Gasteiger partial charge < -0.3 is 4.74 Å². The van der Waals surface area contributed by atoms with Crippen molar-refractivity contribution in [3.63, 3.8) is 0 Å². The number of para-hydroxylation sites is 1. The Morgan fingerprint density at radius 2 is 1.65 bits per heavy atom. The molecule has 2 atom stereocenters. The molecule has 4 nitrogen and oxygen atoms in total.